The monoisotopic (exact) mass is 427 g/mol. The number of nitrogens with one attached hydrogen (secondary N) is 1. The van der Waals surface area contributed by atoms with Gasteiger partial charge in [-0.1, -0.05) is 30.0 Å². The zero-order valence-corrected chi connectivity index (χ0v) is 14.8. The average Bonchev–Trinajstić information content (AvgIpc) is 2.82. The van der Waals surface area contributed by atoms with Crippen LogP contribution in [0.25, 0.3) is 0 Å². The van der Waals surface area contributed by atoms with Crippen LogP contribution in [-0.2, 0) is 6.54 Å². The summed E-state index contributed by atoms with van der Waals surface area (Å²) in [5, 5.41) is 11.6. The van der Waals surface area contributed by atoms with Gasteiger partial charge >= 0.3 is 0 Å². The molecule has 3 nitrogen and oxygen atoms in total. The molecule has 0 aliphatic heterocycles. The van der Waals surface area contributed by atoms with E-state index >= 15 is 0 Å². The molecule has 1 amide bonds. The summed E-state index contributed by atoms with van der Waals surface area (Å²) in [5.74, 6) is 5.35. The molecule has 0 unspecified atom stereocenters. The summed E-state index contributed by atoms with van der Waals surface area (Å²) in [6.45, 7) is 0.200. The van der Waals surface area contributed by atoms with Crippen LogP contribution < -0.4 is 5.32 Å². The first-order valence-electron chi connectivity index (χ1n) is 6.02. The first-order chi connectivity index (χ1) is 10.1. The van der Waals surface area contributed by atoms with Crippen LogP contribution in [-0.4, -0.2) is 17.6 Å². The summed E-state index contributed by atoms with van der Waals surface area (Å²) in [4.78, 5) is 12.1. The van der Waals surface area contributed by atoms with Gasteiger partial charge in [-0.25, -0.2) is 0 Å². The van der Waals surface area contributed by atoms with E-state index in [1.165, 1.54) is 11.3 Å². The van der Waals surface area contributed by atoms with Crippen molar-refractivity contribution in [2.75, 3.05) is 6.61 Å². The highest BCUT2D eigenvalue weighted by Gasteiger charge is 2.13. The first-order valence-corrected chi connectivity index (χ1v) is 8.42. The predicted molar refractivity (Wildman–Crippen MR) is 91.3 cm³/mol. The van der Waals surface area contributed by atoms with Gasteiger partial charge in [-0.3, -0.25) is 4.79 Å². The number of aliphatic hydroxyl groups is 1. The van der Waals surface area contributed by atoms with Crippen LogP contribution in [0.5, 0.6) is 0 Å². The molecule has 0 saturated carbocycles. The van der Waals surface area contributed by atoms with Gasteiger partial charge in [-0.15, -0.1) is 11.3 Å². The molecule has 0 spiro atoms. The average molecular weight is 429 g/mol. The van der Waals surface area contributed by atoms with Gasteiger partial charge in [0.1, 0.15) is 6.61 Å². The second-order valence-electron chi connectivity index (χ2n) is 4.04. The fourth-order valence-electron chi connectivity index (χ4n) is 1.70. The van der Waals surface area contributed by atoms with Gasteiger partial charge in [0.25, 0.3) is 5.91 Å². The smallest absolute Gasteiger partial charge is 0.253 e. The van der Waals surface area contributed by atoms with Crippen molar-refractivity contribution in [1.29, 1.82) is 0 Å². The highest BCUT2D eigenvalue weighted by atomic mass is 79.9. The van der Waals surface area contributed by atoms with Crippen LogP contribution in [0.4, 0.5) is 0 Å². The minimum absolute atomic E-state index is 0.145. The van der Waals surface area contributed by atoms with E-state index in [4.69, 9.17) is 5.11 Å². The second kappa shape index (κ2) is 7.76. The van der Waals surface area contributed by atoms with Crippen molar-refractivity contribution < 1.29 is 9.90 Å². The molecule has 1 aromatic heterocycles. The number of benzene rings is 1. The maximum Gasteiger partial charge on any atom is 0.253 e. The fraction of sp³-hybridized carbons (Fsp3) is 0.133. The van der Waals surface area contributed by atoms with Crippen molar-refractivity contribution in [3.8, 4) is 11.8 Å². The third-order valence-electron chi connectivity index (χ3n) is 2.66. The lowest BCUT2D eigenvalue weighted by Gasteiger charge is -2.06. The second-order valence-corrected chi connectivity index (χ2v) is 7.79. The summed E-state index contributed by atoms with van der Waals surface area (Å²) in [6, 6.07) is 9.31. The molecule has 0 atom stereocenters. The molecule has 6 heteroatoms. The number of carbonyl (C=O) groups is 1. The zero-order chi connectivity index (χ0) is 15.2. The summed E-state index contributed by atoms with van der Waals surface area (Å²) in [5.41, 5.74) is 2.32. The normalized spacial score (nSPS) is 9.86. The molecule has 21 heavy (non-hydrogen) atoms. The lowest BCUT2D eigenvalue weighted by Crippen LogP contribution is -2.23. The quantitative estimate of drug-likeness (QED) is 0.734. The lowest BCUT2D eigenvalue weighted by molar-refractivity contribution is 0.0950. The molecule has 0 aliphatic rings. The number of halogens is 2. The molecule has 2 rings (SSSR count). The SMILES string of the molecule is O=C(NCc1ccccc1C#CCO)c1cc(Br)sc1Br. The number of rotatable bonds is 3. The molecule has 0 saturated heterocycles. The van der Waals surface area contributed by atoms with E-state index in [0.717, 1.165) is 18.7 Å². The highest BCUT2D eigenvalue weighted by molar-refractivity contribution is 9.12. The number of amides is 1. The molecule has 2 aromatic rings. The Kier molecular flexibility index (Phi) is 6.00. The minimum atomic E-state index is -0.184. The number of hydrogen-bond acceptors (Lipinski definition) is 3. The van der Waals surface area contributed by atoms with E-state index in [0.29, 0.717) is 12.1 Å². The summed E-state index contributed by atoms with van der Waals surface area (Å²) < 4.78 is 1.69. The Morgan fingerprint density at radius 2 is 2.10 bits per heavy atom. The van der Waals surface area contributed by atoms with E-state index in [9.17, 15) is 4.79 Å². The number of thiophene rings is 1. The van der Waals surface area contributed by atoms with Crippen molar-refractivity contribution in [1.82, 2.24) is 5.32 Å². The molecule has 0 fully saturated rings. The number of carbonyl (C=O) groups excluding carboxylic acids is 1. The van der Waals surface area contributed by atoms with E-state index in [2.05, 4.69) is 49.0 Å². The summed E-state index contributed by atoms with van der Waals surface area (Å²) in [6.07, 6.45) is 0. The van der Waals surface area contributed by atoms with Crippen LogP contribution >= 0.6 is 43.2 Å². The van der Waals surface area contributed by atoms with Crippen molar-refractivity contribution in [3.63, 3.8) is 0 Å². The van der Waals surface area contributed by atoms with E-state index in [1.807, 2.05) is 24.3 Å². The molecular weight excluding hydrogens is 418 g/mol. The summed E-state index contributed by atoms with van der Waals surface area (Å²) >= 11 is 8.18. The molecule has 0 radical (unpaired) electrons. The topological polar surface area (TPSA) is 49.3 Å². The van der Waals surface area contributed by atoms with Crippen molar-refractivity contribution >= 4 is 49.1 Å². The van der Waals surface area contributed by atoms with E-state index in [-0.39, 0.29) is 12.5 Å². The van der Waals surface area contributed by atoms with Crippen LogP contribution in [0.2, 0.25) is 0 Å². The van der Waals surface area contributed by atoms with Gasteiger partial charge in [-0.05, 0) is 49.6 Å². The standard InChI is InChI=1S/C15H11Br2NO2S/c16-13-8-12(14(17)21-13)15(20)18-9-11-5-2-1-4-10(11)6-3-7-19/h1-2,4-5,8,19H,7,9H2,(H,18,20). The minimum Gasteiger partial charge on any atom is -0.384 e. The van der Waals surface area contributed by atoms with Crippen LogP contribution in [0.15, 0.2) is 37.9 Å². The van der Waals surface area contributed by atoms with Crippen molar-refractivity contribution in [2.45, 2.75) is 6.54 Å². The van der Waals surface area contributed by atoms with E-state index in [1.54, 1.807) is 6.07 Å². The first kappa shape index (κ1) is 16.2. The maximum atomic E-state index is 12.1. The van der Waals surface area contributed by atoms with Gasteiger partial charge in [0.2, 0.25) is 0 Å². The van der Waals surface area contributed by atoms with Crippen LogP contribution in [0.1, 0.15) is 21.5 Å². The number of aliphatic hydroxyl groups excluding tert-OH is 1. The summed E-state index contributed by atoms with van der Waals surface area (Å²) in [7, 11) is 0. The van der Waals surface area contributed by atoms with Gasteiger partial charge < -0.3 is 10.4 Å². The Morgan fingerprint density at radius 1 is 1.33 bits per heavy atom. The van der Waals surface area contributed by atoms with Crippen molar-refractivity contribution in [2.24, 2.45) is 0 Å². The molecule has 0 bridgehead atoms. The maximum absolute atomic E-state index is 12.1. The Bertz CT molecular complexity index is 716. The molecule has 0 aliphatic carbocycles. The Hall–Kier alpha value is -1.13. The molecular formula is C15H11Br2NO2S. The molecule has 1 aromatic carbocycles. The highest BCUT2D eigenvalue weighted by Crippen LogP contribution is 2.31. The predicted octanol–water partition coefficient (Wildman–Crippen LogP) is 3.55. The lowest BCUT2D eigenvalue weighted by atomic mass is 10.1. The van der Waals surface area contributed by atoms with Gasteiger partial charge in [-0.2, -0.15) is 0 Å². The van der Waals surface area contributed by atoms with E-state index < -0.39 is 0 Å². The molecule has 2 N–H and O–H groups in total. The third kappa shape index (κ3) is 4.42. The Balaban J connectivity index is 2.10. The molecule has 1 heterocycles. The Labute approximate surface area is 143 Å². The molecule has 108 valence electrons. The van der Waals surface area contributed by atoms with Crippen molar-refractivity contribution in [3.05, 3.63) is 54.6 Å². The Morgan fingerprint density at radius 3 is 2.76 bits per heavy atom. The van der Waals surface area contributed by atoms with Gasteiger partial charge in [0.15, 0.2) is 0 Å². The van der Waals surface area contributed by atoms with Crippen LogP contribution in [0.3, 0.4) is 0 Å². The van der Waals surface area contributed by atoms with Gasteiger partial charge in [0, 0.05) is 12.1 Å². The number of hydrogen-bond donors (Lipinski definition) is 2. The largest absolute Gasteiger partial charge is 0.384 e. The van der Waals surface area contributed by atoms with Gasteiger partial charge in [0.05, 0.1) is 13.1 Å². The van der Waals surface area contributed by atoms with Crippen LogP contribution in [0, 0.1) is 11.8 Å². The fourth-order valence-corrected chi connectivity index (χ4v) is 4.49. The zero-order valence-electron chi connectivity index (χ0n) is 10.8. The third-order valence-corrected chi connectivity index (χ3v) is 5.00.